The van der Waals surface area contributed by atoms with Crippen molar-refractivity contribution in [1.82, 2.24) is 9.78 Å². The van der Waals surface area contributed by atoms with Crippen molar-refractivity contribution in [1.29, 1.82) is 0 Å². The average Bonchev–Trinajstić information content (AvgIpc) is 3.15. The number of nitrogens with one attached hydrogen (secondary N) is 1. The fourth-order valence-electron chi connectivity index (χ4n) is 2.29. The molecule has 0 radical (unpaired) electrons. The van der Waals surface area contributed by atoms with Crippen molar-refractivity contribution < 1.29 is 14.3 Å². The molecule has 0 unspecified atom stereocenters. The van der Waals surface area contributed by atoms with Crippen molar-refractivity contribution in [2.75, 3.05) is 5.32 Å². The maximum absolute atomic E-state index is 12.1. The predicted octanol–water partition coefficient (Wildman–Crippen LogP) is 3.19. The highest BCUT2D eigenvalue weighted by atomic mass is 16.5. The van der Waals surface area contributed by atoms with Crippen molar-refractivity contribution in [3.05, 3.63) is 78.1 Å². The summed E-state index contributed by atoms with van der Waals surface area (Å²) in [5.41, 5.74) is 2.90. The number of amides is 1. The Hall–Kier alpha value is -3.41. The zero-order valence-corrected chi connectivity index (χ0v) is 13.7. The summed E-state index contributed by atoms with van der Waals surface area (Å²) < 4.78 is 7.07. The average molecular weight is 335 g/mol. The molecule has 1 amide bonds. The van der Waals surface area contributed by atoms with E-state index in [-0.39, 0.29) is 12.5 Å². The number of rotatable bonds is 5. The molecule has 2 aromatic carbocycles. The quantitative estimate of drug-likeness (QED) is 0.727. The van der Waals surface area contributed by atoms with Crippen molar-refractivity contribution in [2.45, 2.75) is 13.5 Å². The van der Waals surface area contributed by atoms with Gasteiger partial charge in [0.05, 0.1) is 11.3 Å². The summed E-state index contributed by atoms with van der Waals surface area (Å²) in [6.45, 7) is 1.62. The lowest BCUT2D eigenvalue weighted by atomic mass is 10.2. The van der Waals surface area contributed by atoms with E-state index in [9.17, 15) is 9.59 Å². The molecule has 25 heavy (non-hydrogen) atoms. The van der Waals surface area contributed by atoms with Gasteiger partial charge in [0.1, 0.15) is 6.61 Å². The van der Waals surface area contributed by atoms with E-state index in [1.165, 1.54) is 6.92 Å². The van der Waals surface area contributed by atoms with Crippen LogP contribution in [0.4, 0.5) is 5.69 Å². The summed E-state index contributed by atoms with van der Waals surface area (Å²) >= 11 is 0. The number of aromatic nitrogens is 2. The number of hydrogen-bond donors (Lipinski definition) is 1. The summed E-state index contributed by atoms with van der Waals surface area (Å²) in [6.07, 6.45) is 3.58. The van der Waals surface area contributed by atoms with Gasteiger partial charge in [0, 0.05) is 25.0 Å². The van der Waals surface area contributed by atoms with Crippen LogP contribution in [0, 0.1) is 0 Å². The molecule has 0 spiro atoms. The third kappa shape index (κ3) is 4.32. The van der Waals surface area contributed by atoms with Crippen LogP contribution in [0.15, 0.2) is 67.0 Å². The minimum Gasteiger partial charge on any atom is -0.457 e. The molecule has 0 saturated carbocycles. The number of anilines is 1. The molecule has 1 aromatic heterocycles. The highest BCUT2D eigenvalue weighted by Gasteiger charge is 2.08. The molecule has 0 saturated heterocycles. The van der Waals surface area contributed by atoms with Gasteiger partial charge in [0.25, 0.3) is 0 Å². The molecule has 126 valence electrons. The Bertz CT molecular complexity index is 854. The lowest BCUT2D eigenvalue weighted by molar-refractivity contribution is -0.114. The van der Waals surface area contributed by atoms with E-state index in [2.05, 4.69) is 10.4 Å². The zero-order valence-electron chi connectivity index (χ0n) is 13.7. The first-order chi connectivity index (χ1) is 12.1. The van der Waals surface area contributed by atoms with Crippen LogP contribution in [0.5, 0.6) is 0 Å². The van der Waals surface area contributed by atoms with Crippen molar-refractivity contribution >= 4 is 17.6 Å². The molecule has 3 aromatic rings. The number of nitrogens with zero attached hydrogens (tertiary/aromatic N) is 2. The zero-order chi connectivity index (χ0) is 17.6. The van der Waals surface area contributed by atoms with Crippen LogP contribution >= 0.6 is 0 Å². The first-order valence-electron chi connectivity index (χ1n) is 7.75. The standard InChI is InChI=1S/C19H17N3O3/c1-14(23)21-17-7-5-16(6-8-17)19(24)25-13-15-3-9-18(10-4-15)22-12-2-11-20-22/h2-12H,13H2,1H3,(H,21,23). The van der Waals surface area contributed by atoms with E-state index in [0.29, 0.717) is 11.3 Å². The SMILES string of the molecule is CC(=O)Nc1ccc(C(=O)OCc2ccc(-n3cccn3)cc2)cc1. The van der Waals surface area contributed by atoms with Crippen molar-refractivity contribution in [2.24, 2.45) is 0 Å². The van der Waals surface area contributed by atoms with Gasteiger partial charge in [0.15, 0.2) is 0 Å². The van der Waals surface area contributed by atoms with E-state index in [1.807, 2.05) is 36.5 Å². The molecule has 0 atom stereocenters. The van der Waals surface area contributed by atoms with Crippen LogP contribution in [-0.2, 0) is 16.1 Å². The lowest BCUT2D eigenvalue weighted by Gasteiger charge is -2.07. The predicted molar refractivity (Wildman–Crippen MR) is 93.4 cm³/mol. The second kappa shape index (κ2) is 7.44. The monoisotopic (exact) mass is 335 g/mol. The van der Waals surface area contributed by atoms with Gasteiger partial charge in [-0.3, -0.25) is 4.79 Å². The van der Waals surface area contributed by atoms with E-state index in [0.717, 1.165) is 11.3 Å². The van der Waals surface area contributed by atoms with Gasteiger partial charge < -0.3 is 10.1 Å². The largest absolute Gasteiger partial charge is 0.457 e. The second-order valence-corrected chi connectivity index (χ2v) is 5.45. The number of ether oxygens (including phenoxy) is 1. The molecule has 3 rings (SSSR count). The van der Waals surface area contributed by atoms with Gasteiger partial charge >= 0.3 is 5.97 Å². The van der Waals surface area contributed by atoms with Crippen molar-refractivity contribution in [3.63, 3.8) is 0 Å². The van der Waals surface area contributed by atoms with Gasteiger partial charge in [0.2, 0.25) is 5.91 Å². The molecule has 0 fully saturated rings. The van der Waals surface area contributed by atoms with Crippen LogP contribution in [-0.4, -0.2) is 21.7 Å². The van der Waals surface area contributed by atoms with E-state index >= 15 is 0 Å². The molecular weight excluding hydrogens is 318 g/mol. The summed E-state index contributed by atoms with van der Waals surface area (Å²) in [7, 11) is 0. The van der Waals surface area contributed by atoms with Gasteiger partial charge in [-0.15, -0.1) is 0 Å². The maximum Gasteiger partial charge on any atom is 0.338 e. The molecule has 6 nitrogen and oxygen atoms in total. The fourth-order valence-corrected chi connectivity index (χ4v) is 2.29. The lowest BCUT2D eigenvalue weighted by Crippen LogP contribution is -2.07. The summed E-state index contributed by atoms with van der Waals surface area (Å²) in [5, 5.41) is 6.81. The Morgan fingerprint density at radius 1 is 1.08 bits per heavy atom. The summed E-state index contributed by atoms with van der Waals surface area (Å²) in [5.74, 6) is -0.570. The summed E-state index contributed by atoms with van der Waals surface area (Å²) in [6, 6.07) is 16.0. The smallest absolute Gasteiger partial charge is 0.338 e. The third-order valence-corrected chi connectivity index (χ3v) is 3.52. The normalized spacial score (nSPS) is 10.3. The summed E-state index contributed by atoms with van der Waals surface area (Å²) in [4.78, 5) is 23.1. The Kier molecular flexibility index (Phi) is 4.89. The van der Waals surface area contributed by atoms with E-state index in [4.69, 9.17) is 4.74 Å². The van der Waals surface area contributed by atoms with Gasteiger partial charge in [-0.2, -0.15) is 5.10 Å². The Balaban J connectivity index is 1.57. The fraction of sp³-hybridized carbons (Fsp3) is 0.105. The first kappa shape index (κ1) is 16.4. The van der Waals surface area contributed by atoms with Gasteiger partial charge in [-0.1, -0.05) is 12.1 Å². The molecule has 1 N–H and O–H groups in total. The van der Waals surface area contributed by atoms with Crippen LogP contribution in [0.25, 0.3) is 5.69 Å². The third-order valence-electron chi connectivity index (χ3n) is 3.52. The highest BCUT2D eigenvalue weighted by molar-refractivity contribution is 5.92. The number of esters is 1. The second-order valence-electron chi connectivity index (χ2n) is 5.45. The van der Waals surface area contributed by atoms with Crippen LogP contribution < -0.4 is 5.32 Å². The number of benzene rings is 2. The minimum absolute atomic E-state index is 0.158. The molecule has 6 heteroatoms. The maximum atomic E-state index is 12.1. The van der Waals surface area contributed by atoms with Crippen molar-refractivity contribution in [3.8, 4) is 5.69 Å². The molecule has 0 aliphatic heterocycles. The number of hydrogen-bond acceptors (Lipinski definition) is 4. The molecule has 1 heterocycles. The number of carbonyl (C=O) groups excluding carboxylic acids is 2. The number of carbonyl (C=O) groups is 2. The van der Waals surface area contributed by atoms with E-state index in [1.54, 1.807) is 35.1 Å². The van der Waals surface area contributed by atoms with Crippen LogP contribution in [0.1, 0.15) is 22.8 Å². The molecule has 0 aliphatic carbocycles. The highest BCUT2D eigenvalue weighted by Crippen LogP contribution is 2.13. The van der Waals surface area contributed by atoms with Gasteiger partial charge in [-0.05, 0) is 48.0 Å². The minimum atomic E-state index is -0.412. The molecule has 0 aliphatic rings. The Labute approximate surface area is 145 Å². The Morgan fingerprint density at radius 3 is 2.40 bits per heavy atom. The van der Waals surface area contributed by atoms with Crippen LogP contribution in [0.2, 0.25) is 0 Å². The van der Waals surface area contributed by atoms with Crippen LogP contribution in [0.3, 0.4) is 0 Å². The first-order valence-corrected chi connectivity index (χ1v) is 7.75. The topological polar surface area (TPSA) is 73.2 Å². The Morgan fingerprint density at radius 2 is 1.80 bits per heavy atom. The van der Waals surface area contributed by atoms with E-state index < -0.39 is 5.97 Å². The van der Waals surface area contributed by atoms with Gasteiger partial charge in [-0.25, -0.2) is 9.48 Å². The molecule has 0 bridgehead atoms. The molecular formula is C19H17N3O3.